The molecule has 3 heterocycles. The molecule has 2 aromatic heterocycles. The predicted octanol–water partition coefficient (Wildman–Crippen LogP) is 1.90. The number of nitrogens with zero attached hydrogens (tertiary/aromatic N) is 5. The number of imidazole rings is 1. The Morgan fingerprint density at radius 3 is 2.88 bits per heavy atom. The zero-order valence-corrected chi connectivity index (χ0v) is 14.9. The fourth-order valence-electron chi connectivity index (χ4n) is 3.22. The number of rotatable bonds is 3. The Morgan fingerprint density at radius 2 is 2.12 bits per heavy atom. The quantitative estimate of drug-likeness (QED) is 0.690. The molecule has 4 rings (SSSR count). The minimum Gasteiger partial charge on any atom is -0.382 e. The van der Waals surface area contributed by atoms with E-state index in [0.29, 0.717) is 28.0 Å². The van der Waals surface area contributed by atoms with E-state index in [9.17, 15) is 4.39 Å². The Kier molecular flexibility index (Phi) is 4.04. The highest BCUT2D eigenvalue weighted by Crippen LogP contribution is 2.33. The van der Waals surface area contributed by atoms with Gasteiger partial charge in [-0.05, 0) is 34.5 Å². The van der Waals surface area contributed by atoms with Crippen molar-refractivity contribution >= 4 is 38.6 Å². The van der Waals surface area contributed by atoms with Crippen molar-refractivity contribution in [1.82, 2.24) is 19.5 Å². The van der Waals surface area contributed by atoms with Gasteiger partial charge in [0.05, 0.1) is 17.3 Å². The van der Waals surface area contributed by atoms with Crippen LogP contribution < -0.4 is 16.4 Å². The van der Waals surface area contributed by atoms with E-state index in [-0.39, 0.29) is 11.9 Å². The summed E-state index contributed by atoms with van der Waals surface area (Å²) in [7, 11) is 0. The number of nitrogen functional groups attached to an aromatic ring is 1. The number of nitrogens with two attached hydrogens (primary N) is 2. The van der Waals surface area contributed by atoms with Crippen molar-refractivity contribution in [1.29, 1.82) is 0 Å². The summed E-state index contributed by atoms with van der Waals surface area (Å²) in [6, 6.07) is 3.41. The van der Waals surface area contributed by atoms with Crippen molar-refractivity contribution in [2.24, 2.45) is 5.73 Å². The second kappa shape index (κ2) is 6.23. The van der Waals surface area contributed by atoms with Crippen LogP contribution in [0.25, 0.3) is 11.2 Å². The first kappa shape index (κ1) is 16.2. The first-order valence-electron chi connectivity index (χ1n) is 7.93. The third kappa shape index (κ3) is 2.83. The van der Waals surface area contributed by atoms with Crippen molar-refractivity contribution < 1.29 is 4.39 Å². The van der Waals surface area contributed by atoms with Crippen molar-refractivity contribution in [3.8, 4) is 0 Å². The molecule has 0 bridgehead atoms. The normalized spacial score (nSPS) is 17.6. The minimum absolute atomic E-state index is 0.137. The van der Waals surface area contributed by atoms with Gasteiger partial charge < -0.3 is 20.9 Å². The van der Waals surface area contributed by atoms with Crippen molar-refractivity contribution in [3.05, 3.63) is 40.6 Å². The molecule has 1 unspecified atom stereocenters. The molecule has 1 fully saturated rings. The van der Waals surface area contributed by atoms with E-state index in [2.05, 4.69) is 35.8 Å². The van der Waals surface area contributed by atoms with Gasteiger partial charge in [-0.15, -0.1) is 0 Å². The van der Waals surface area contributed by atoms with Crippen LogP contribution in [0.4, 0.5) is 15.9 Å². The van der Waals surface area contributed by atoms with Crippen LogP contribution in [-0.2, 0) is 6.54 Å². The van der Waals surface area contributed by atoms with Crippen LogP contribution in [0.1, 0.15) is 12.0 Å². The van der Waals surface area contributed by atoms with Gasteiger partial charge in [-0.1, -0.05) is 0 Å². The van der Waals surface area contributed by atoms with Crippen LogP contribution in [0.3, 0.4) is 0 Å². The van der Waals surface area contributed by atoms with Crippen LogP contribution in [0.2, 0.25) is 0 Å². The SMILES string of the molecule is Nc1ncnc2c1ncn2Cc1c(N2CCC(N)C2)ccc(F)c1Br. The van der Waals surface area contributed by atoms with Gasteiger partial charge in [0, 0.05) is 30.4 Å². The largest absolute Gasteiger partial charge is 0.382 e. The molecule has 0 saturated carbocycles. The maximum absolute atomic E-state index is 14.2. The molecule has 0 spiro atoms. The molecule has 0 amide bonds. The Balaban J connectivity index is 1.78. The Bertz CT molecular complexity index is 942. The van der Waals surface area contributed by atoms with Crippen LogP contribution >= 0.6 is 15.9 Å². The fraction of sp³-hybridized carbons (Fsp3) is 0.312. The van der Waals surface area contributed by atoms with E-state index < -0.39 is 0 Å². The van der Waals surface area contributed by atoms with E-state index in [1.807, 2.05) is 4.57 Å². The first-order chi connectivity index (χ1) is 12.0. The lowest BCUT2D eigenvalue weighted by molar-refractivity contribution is 0.615. The monoisotopic (exact) mass is 405 g/mol. The standard InChI is InChI=1S/C16H17BrFN7/c17-13-10(6-25-8-23-14-15(20)21-7-22-16(14)25)12(2-1-11(13)18)24-4-3-9(19)5-24/h1-2,7-9H,3-6,19H2,(H2,20,21,22). The molecular weight excluding hydrogens is 389 g/mol. The molecule has 1 atom stereocenters. The number of halogens is 2. The summed E-state index contributed by atoms with van der Waals surface area (Å²) < 4.78 is 16.4. The number of hydrogen-bond donors (Lipinski definition) is 2. The highest BCUT2D eigenvalue weighted by molar-refractivity contribution is 9.10. The van der Waals surface area contributed by atoms with Gasteiger partial charge in [0.1, 0.15) is 17.7 Å². The smallest absolute Gasteiger partial charge is 0.165 e. The van der Waals surface area contributed by atoms with E-state index in [1.165, 1.54) is 12.4 Å². The van der Waals surface area contributed by atoms with Gasteiger partial charge in [-0.25, -0.2) is 19.3 Å². The highest BCUT2D eigenvalue weighted by Gasteiger charge is 2.24. The summed E-state index contributed by atoms with van der Waals surface area (Å²) in [6.45, 7) is 2.02. The van der Waals surface area contributed by atoms with E-state index >= 15 is 0 Å². The molecular formula is C16H17BrFN7. The summed E-state index contributed by atoms with van der Waals surface area (Å²) in [4.78, 5) is 14.7. The summed E-state index contributed by atoms with van der Waals surface area (Å²) in [5, 5.41) is 0. The Labute approximate surface area is 152 Å². The molecule has 0 radical (unpaired) electrons. The van der Waals surface area contributed by atoms with E-state index in [0.717, 1.165) is 30.8 Å². The Hall–Kier alpha value is -2.26. The molecule has 3 aromatic rings. The zero-order valence-electron chi connectivity index (χ0n) is 13.4. The van der Waals surface area contributed by atoms with Crippen LogP contribution in [0, 0.1) is 5.82 Å². The number of fused-ring (bicyclic) bond motifs is 1. The number of hydrogen-bond acceptors (Lipinski definition) is 6. The summed E-state index contributed by atoms with van der Waals surface area (Å²) in [6.07, 6.45) is 3.97. The van der Waals surface area contributed by atoms with Gasteiger partial charge >= 0.3 is 0 Å². The third-order valence-electron chi connectivity index (χ3n) is 4.49. The van der Waals surface area contributed by atoms with Gasteiger partial charge in [-0.3, -0.25) is 0 Å². The topological polar surface area (TPSA) is 98.9 Å². The van der Waals surface area contributed by atoms with E-state index in [1.54, 1.807) is 12.4 Å². The lowest BCUT2D eigenvalue weighted by atomic mass is 10.1. The summed E-state index contributed by atoms with van der Waals surface area (Å²) in [5.41, 5.74) is 14.8. The summed E-state index contributed by atoms with van der Waals surface area (Å²) >= 11 is 3.39. The summed E-state index contributed by atoms with van der Waals surface area (Å²) in [5.74, 6) is 0.0219. The van der Waals surface area contributed by atoms with Gasteiger partial charge in [0.2, 0.25) is 0 Å². The zero-order chi connectivity index (χ0) is 17.6. The molecule has 1 saturated heterocycles. The number of benzene rings is 1. The van der Waals surface area contributed by atoms with Crippen LogP contribution in [0.15, 0.2) is 29.3 Å². The molecule has 130 valence electrons. The molecule has 9 heteroatoms. The second-order valence-corrected chi connectivity index (χ2v) is 6.95. The van der Waals surface area contributed by atoms with Gasteiger partial charge in [-0.2, -0.15) is 0 Å². The van der Waals surface area contributed by atoms with Gasteiger partial charge in [0.25, 0.3) is 0 Å². The van der Waals surface area contributed by atoms with Crippen molar-refractivity contribution in [2.75, 3.05) is 23.7 Å². The molecule has 25 heavy (non-hydrogen) atoms. The average molecular weight is 406 g/mol. The highest BCUT2D eigenvalue weighted by atomic mass is 79.9. The second-order valence-electron chi connectivity index (χ2n) is 6.16. The first-order valence-corrected chi connectivity index (χ1v) is 8.72. The van der Waals surface area contributed by atoms with Crippen LogP contribution in [0.5, 0.6) is 0 Å². The number of aromatic nitrogens is 4. The van der Waals surface area contributed by atoms with Crippen molar-refractivity contribution in [3.63, 3.8) is 0 Å². The van der Waals surface area contributed by atoms with Crippen LogP contribution in [-0.4, -0.2) is 38.7 Å². The Morgan fingerprint density at radius 1 is 1.28 bits per heavy atom. The molecule has 1 aromatic carbocycles. The van der Waals surface area contributed by atoms with Crippen molar-refractivity contribution in [2.45, 2.75) is 19.0 Å². The third-order valence-corrected chi connectivity index (χ3v) is 5.35. The molecule has 1 aliphatic rings. The molecule has 4 N–H and O–H groups in total. The fourth-order valence-corrected chi connectivity index (χ4v) is 3.68. The lowest BCUT2D eigenvalue weighted by Crippen LogP contribution is -2.27. The van der Waals surface area contributed by atoms with E-state index in [4.69, 9.17) is 11.5 Å². The lowest BCUT2D eigenvalue weighted by Gasteiger charge is -2.23. The minimum atomic E-state index is -0.305. The predicted molar refractivity (Wildman–Crippen MR) is 97.7 cm³/mol. The number of anilines is 2. The molecule has 7 nitrogen and oxygen atoms in total. The maximum atomic E-state index is 14.2. The molecule has 1 aliphatic heterocycles. The average Bonchev–Trinajstić information content (AvgIpc) is 3.20. The molecule has 0 aliphatic carbocycles. The van der Waals surface area contributed by atoms with Gasteiger partial charge in [0.15, 0.2) is 11.5 Å². The maximum Gasteiger partial charge on any atom is 0.165 e.